The summed E-state index contributed by atoms with van der Waals surface area (Å²) < 4.78 is 20.5. The predicted molar refractivity (Wildman–Crippen MR) is 70.1 cm³/mol. The zero-order chi connectivity index (χ0) is 14.3. The molecule has 0 spiro atoms. The van der Waals surface area contributed by atoms with Crippen LogP contribution in [0.4, 0.5) is 0 Å². The van der Waals surface area contributed by atoms with Crippen molar-refractivity contribution in [2.45, 2.75) is 12.5 Å². The number of methoxy groups -OCH3 is 4. The van der Waals surface area contributed by atoms with E-state index in [4.69, 9.17) is 18.9 Å². The molecule has 0 saturated heterocycles. The van der Waals surface area contributed by atoms with Crippen LogP contribution in [0, 0.1) is 0 Å². The fourth-order valence-electron chi connectivity index (χ4n) is 1.67. The van der Waals surface area contributed by atoms with E-state index >= 15 is 0 Å². The highest BCUT2D eigenvalue weighted by atomic mass is 16.9. The van der Waals surface area contributed by atoms with Gasteiger partial charge < -0.3 is 29.4 Å². The monoisotopic (exact) mass is 271 g/mol. The van der Waals surface area contributed by atoms with E-state index in [0.717, 1.165) is 5.56 Å². The van der Waals surface area contributed by atoms with E-state index in [1.807, 2.05) is 6.07 Å². The lowest BCUT2D eigenvalue weighted by atomic mass is 10.2. The van der Waals surface area contributed by atoms with Crippen LogP contribution in [-0.2, 0) is 20.8 Å². The van der Waals surface area contributed by atoms with E-state index in [-0.39, 0.29) is 5.75 Å². The molecule has 0 amide bonds. The minimum absolute atomic E-state index is 0.110. The molecule has 19 heavy (non-hydrogen) atoms. The summed E-state index contributed by atoms with van der Waals surface area (Å²) in [4.78, 5) is 0. The molecule has 0 bridgehead atoms. The zero-order valence-electron chi connectivity index (χ0n) is 11.7. The minimum atomic E-state index is -1.10. The molecule has 6 nitrogen and oxygen atoms in total. The second-order valence-corrected chi connectivity index (χ2v) is 3.91. The molecule has 0 aliphatic rings. The molecule has 1 aromatic rings. The van der Waals surface area contributed by atoms with Gasteiger partial charge in [0.2, 0.25) is 0 Å². The van der Waals surface area contributed by atoms with Crippen molar-refractivity contribution in [3.05, 3.63) is 23.8 Å². The summed E-state index contributed by atoms with van der Waals surface area (Å²) in [6, 6.07) is 5.21. The normalized spacial score (nSPS) is 11.6. The molecule has 0 atom stereocenters. The molecule has 1 aromatic carbocycles. The largest absolute Gasteiger partial charge is 0.504 e. The number of hydrogen-bond acceptors (Lipinski definition) is 6. The number of benzene rings is 1. The number of ether oxygens (including phenoxy) is 4. The molecule has 0 radical (unpaired) electrons. The quantitative estimate of drug-likeness (QED) is 0.690. The number of hydrogen-bond donors (Lipinski definition) is 2. The van der Waals surface area contributed by atoms with Gasteiger partial charge in [-0.3, -0.25) is 0 Å². The summed E-state index contributed by atoms with van der Waals surface area (Å²) in [6.07, 6.45) is 0. The highest BCUT2D eigenvalue weighted by molar-refractivity contribution is 5.41. The summed E-state index contributed by atoms with van der Waals surface area (Å²) in [5, 5.41) is 12.8. The van der Waals surface area contributed by atoms with Crippen molar-refractivity contribution in [1.29, 1.82) is 0 Å². The topological polar surface area (TPSA) is 69.2 Å². The third kappa shape index (κ3) is 4.07. The maximum atomic E-state index is 9.66. The molecular formula is C13H21NO5. The molecule has 108 valence electrons. The average Bonchev–Trinajstić information content (AvgIpc) is 2.44. The third-order valence-electron chi connectivity index (χ3n) is 2.85. The van der Waals surface area contributed by atoms with Crippen LogP contribution in [0.25, 0.3) is 0 Å². The van der Waals surface area contributed by atoms with Crippen LogP contribution in [0.2, 0.25) is 0 Å². The van der Waals surface area contributed by atoms with Crippen LogP contribution in [-0.4, -0.2) is 46.1 Å². The van der Waals surface area contributed by atoms with Gasteiger partial charge in [0.1, 0.15) is 0 Å². The first-order valence-corrected chi connectivity index (χ1v) is 5.83. The van der Waals surface area contributed by atoms with Gasteiger partial charge in [0, 0.05) is 27.9 Å². The summed E-state index contributed by atoms with van der Waals surface area (Å²) in [5.74, 6) is -0.545. The van der Waals surface area contributed by atoms with Crippen molar-refractivity contribution in [2.75, 3.05) is 35.0 Å². The molecule has 0 saturated carbocycles. The summed E-state index contributed by atoms with van der Waals surface area (Å²) in [5.41, 5.74) is 0.913. The Balaban J connectivity index is 2.55. The van der Waals surface area contributed by atoms with Crippen molar-refractivity contribution in [3.63, 3.8) is 0 Å². The highest BCUT2D eigenvalue weighted by Crippen LogP contribution is 2.26. The van der Waals surface area contributed by atoms with Crippen LogP contribution in [0.1, 0.15) is 5.56 Å². The van der Waals surface area contributed by atoms with Crippen molar-refractivity contribution in [3.8, 4) is 11.5 Å². The van der Waals surface area contributed by atoms with E-state index in [1.165, 1.54) is 28.4 Å². The Morgan fingerprint density at radius 2 is 1.74 bits per heavy atom. The smallest absolute Gasteiger partial charge is 0.295 e. The molecule has 0 aliphatic heterocycles. The molecule has 6 heteroatoms. The van der Waals surface area contributed by atoms with Gasteiger partial charge in [0.25, 0.3) is 5.97 Å². The van der Waals surface area contributed by atoms with Crippen LogP contribution in [0.3, 0.4) is 0 Å². The van der Waals surface area contributed by atoms with Gasteiger partial charge in [-0.1, -0.05) is 6.07 Å². The minimum Gasteiger partial charge on any atom is -0.504 e. The first-order valence-electron chi connectivity index (χ1n) is 5.83. The Labute approximate surface area is 113 Å². The summed E-state index contributed by atoms with van der Waals surface area (Å²) >= 11 is 0. The standard InChI is InChI=1S/C13H21NO5/c1-16-12-6-5-10(7-11(12)15)8-14-9-13(17-2,18-3)19-4/h5-7,14-15H,8-9H2,1-4H3. The molecule has 0 aliphatic carbocycles. The number of phenols is 1. The van der Waals surface area contributed by atoms with Gasteiger partial charge >= 0.3 is 0 Å². The first kappa shape index (κ1) is 15.7. The molecule has 0 heterocycles. The van der Waals surface area contributed by atoms with Crippen LogP contribution >= 0.6 is 0 Å². The Bertz CT molecular complexity index is 384. The number of aromatic hydroxyl groups is 1. The van der Waals surface area contributed by atoms with Gasteiger partial charge in [0.15, 0.2) is 11.5 Å². The molecule has 2 N–H and O–H groups in total. The second kappa shape index (κ2) is 7.30. The summed E-state index contributed by atoms with van der Waals surface area (Å²) in [7, 11) is 6.03. The van der Waals surface area contributed by atoms with Gasteiger partial charge in [-0.25, -0.2) is 0 Å². The number of phenolic OH excluding ortho intramolecular Hbond substituents is 1. The number of nitrogens with one attached hydrogen (secondary N) is 1. The lowest BCUT2D eigenvalue weighted by Crippen LogP contribution is -2.45. The Hall–Kier alpha value is -1.34. The van der Waals surface area contributed by atoms with E-state index < -0.39 is 5.97 Å². The molecule has 0 unspecified atom stereocenters. The van der Waals surface area contributed by atoms with E-state index in [9.17, 15) is 5.11 Å². The first-order chi connectivity index (χ1) is 9.10. The second-order valence-electron chi connectivity index (χ2n) is 3.91. The summed E-state index contributed by atoms with van der Waals surface area (Å²) in [6.45, 7) is 0.888. The highest BCUT2D eigenvalue weighted by Gasteiger charge is 2.28. The van der Waals surface area contributed by atoms with Crippen LogP contribution in [0.5, 0.6) is 11.5 Å². The zero-order valence-corrected chi connectivity index (χ0v) is 11.7. The Morgan fingerprint density at radius 1 is 1.11 bits per heavy atom. The van der Waals surface area contributed by atoms with E-state index in [2.05, 4.69) is 5.32 Å². The predicted octanol–water partition coefficient (Wildman–Crippen LogP) is 1.08. The Kier molecular flexibility index (Phi) is 6.04. The average molecular weight is 271 g/mol. The molecule has 0 aromatic heterocycles. The van der Waals surface area contributed by atoms with Crippen LogP contribution in [0.15, 0.2) is 18.2 Å². The molecular weight excluding hydrogens is 250 g/mol. The number of rotatable bonds is 8. The van der Waals surface area contributed by atoms with Crippen molar-refractivity contribution in [2.24, 2.45) is 0 Å². The van der Waals surface area contributed by atoms with Gasteiger partial charge in [-0.2, -0.15) is 0 Å². The maximum Gasteiger partial charge on any atom is 0.295 e. The van der Waals surface area contributed by atoms with Gasteiger partial charge in [0.05, 0.1) is 13.7 Å². The van der Waals surface area contributed by atoms with E-state index in [1.54, 1.807) is 12.1 Å². The van der Waals surface area contributed by atoms with Crippen molar-refractivity contribution >= 4 is 0 Å². The fourth-order valence-corrected chi connectivity index (χ4v) is 1.67. The SMILES string of the molecule is COc1ccc(CNCC(OC)(OC)OC)cc1O. The van der Waals surface area contributed by atoms with Gasteiger partial charge in [-0.15, -0.1) is 0 Å². The molecule has 0 fully saturated rings. The van der Waals surface area contributed by atoms with Crippen molar-refractivity contribution < 1.29 is 24.1 Å². The lowest BCUT2D eigenvalue weighted by Gasteiger charge is -2.28. The van der Waals surface area contributed by atoms with Crippen molar-refractivity contribution in [1.82, 2.24) is 5.32 Å². The molecule has 1 rings (SSSR count). The Morgan fingerprint density at radius 3 is 2.21 bits per heavy atom. The van der Waals surface area contributed by atoms with E-state index in [0.29, 0.717) is 18.8 Å². The van der Waals surface area contributed by atoms with Crippen LogP contribution < -0.4 is 10.1 Å². The third-order valence-corrected chi connectivity index (χ3v) is 2.85. The fraction of sp³-hybridized carbons (Fsp3) is 0.538. The van der Waals surface area contributed by atoms with Gasteiger partial charge in [-0.05, 0) is 17.7 Å². The lowest BCUT2D eigenvalue weighted by molar-refractivity contribution is -0.347. The maximum absolute atomic E-state index is 9.66.